The van der Waals surface area contributed by atoms with E-state index in [2.05, 4.69) is 10.1 Å². The number of rotatable bonds is 4. The highest BCUT2D eigenvalue weighted by atomic mass is 32.2. The lowest BCUT2D eigenvalue weighted by atomic mass is 10.1. The molecule has 0 saturated carbocycles. The fourth-order valence-electron chi connectivity index (χ4n) is 1.46. The molecular weight excluding hydrogens is 260 g/mol. The lowest BCUT2D eigenvalue weighted by Gasteiger charge is -2.11. The summed E-state index contributed by atoms with van der Waals surface area (Å²) in [5.41, 5.74) is 13.0. The molecule has 0 aliphatic rings. The topological polar surface area (TPSA) is 91.0 Å². The summed E-state index contributed by atoms with van der Waals surface area (Å²) < 4.78 is 5.18. The van der Waals surface area contributed by atoms with Crippen LogP contribution in [0, 0.1) is 6.92 Å². The maximum Gasteiger partial charge on any atom is 0.237 e. The molecule has 19 heavy (non-hydrogen) atoms. The molecule has 0 atom stereocenters. The molecule has 102 valence electrons. The van der Waals surface area contributed by atoms with Gasteiger partial charge in [0, 0.05) is 10.6 Å². The average Bonchev–Trinajstić information content (AvgIpc) is 2.79. The lowest BCUT2D eigenvalue weighted by molar-refractivity contribution is 0.370. The summed E-state index contributed by atoms with van der Waals surface area (Å²) in [5.74, 6) is 1.72. The molecule has 5 nitrogen and oxygen atoms in total. The van der Waals surface area contributed by atoms with Crippen LogP contribution in [-0.4, -0.2) is 10.1 Å². The third-order valence-corrected chi connectivity index (χ3v) is 3.63. The van der Waals surface area contributed by atoms with Crippen LogP contribution in [0.25, 0.3) is 0 Å². The highest BCUT2D eigenvalue weighted by Crippen LogP contribution is 2.25. The minimum atomic E-state index is -0.579. The number of nitrogens with zero attached hydrogens (tertiary/aromatic N) is 2. The van der Waals surface area contributed by atoms with Gasteiger partial charge in [0.05, 0.1) is 11.3 Å². The van der Waals surface area contributed by atoms with Gasteiger partial charge in [0.2, 0.25) is 5.89 Å². The van der Waals surface area contributed by atoms with Crippen molar-refractivity contribution in [2.45, 2.75) is 37.0 Å². The third-order valence-electron chi connectivity index (χ3n) is 2.65. The summed E-state index contributed by atoms with van der Waals surface area (Å²) >= 11 is 1.63. The van der Waals surface area contributed by atoms with Crippen molar-refractivity contribution < 1.29 is 4.52 Å². The predicted molar refractivity (Wildman–Crippen MR) is 76.7 cm³/mol. The van der Waals surface area contributed by atoms with Crippen LogP contribution in [0.5, 0.6) is 0 Å². The van der Waals surface area contributed by atoms with Gasteiger partial charge in [-0.3, -0.25) is 0 Å². The van der Waals surface area contributed by atoms with Gasteiger partial charge in [-0.25, -0.2) is 0 Å². The molecular formula is C13H18N4OS. The summed E-state index contributed by atoms with van der Waals surface area (Å²) in [6.07, 6.45) is 0. The Hall–Kier alpha value is -1.53. The predicted octanol–water partition coefficient (Wildman–Crippen LogP) is 2.45. The first kappa shape index (κ1) is 13.9. The van der Waals surface area contributed by atoms with Crippen LogP contribution in [0.1, 0.15) is 31.1 Å². The third kappa shape index (κ3) is 3.48. The number of aryl methyl sites for hydroxylation is 1. The molecule has 1 aromatic carbocycles. The molecule has 0 aliphatic heterocycles. The Morgan fingerprint density at radius 2 is 2.11 bits per heavy atom. The monoisotopic (exact) mass is 278 g/mol. The van der Waals surface area contributed by atoms with Crippen molar-refractivity contribution >= 4 is 17.4 Å². The van der Waals surface area contributed by atoms with Crippen LogP contribution < -0.4 is 11.5 Å². The van der Waals surface area contributed by atoms with E-state index in [9.17, 15) is 0 Å². The molecule has 4 N–H and O–H groups in total. The van der Waals surface area contributed by atoms with Crippen molar-refractivity contribution in [3.8, 4) is 0 Å². The van der Waals surface area contributed by atoms with Gasteiger partial charge in [0.1, 0.15) is 0 Å². The number of aromatic nitrogens is 2. The van der Waals surface area contributed by atoms with Crippen molar-refractivity contribution in [2.75, 3.05) is 5.73 Å². The minimum absolute atomic E-state index is 0.525. The van der Waals surface area contributed by atoms with E-state index in [0.717, 1.165) is 16.1 Å². The second-order valence-corrected chi connectivity index (χ2v) is 6.09. The number of anilines is 1. The van der Waals surface area contributed by atoms with Gasteiger partial charge in [-0.2, -0.15) is 4.98 Å². The number of nitrogen functional groups attached to an aromatic ring is 1. The van der Waals surface area contributed by atoms with E-state index in [1.54, 1.807) is 11.8 Å². The van der Waals surface area contributed by atoms with Crippen LogP contribution in [0.2, 0.25) is 0 Å². The van der Waals surface area contributed by atoms with Crippen LogP contribution in [0.4, 0.5) is 5.69 Å². The van der Waals surface area contributed by atoms with Gasteiger partial charge < -0.3 is 16.0 Å². The number of nitrogens with two attached hydrogens (primary N) is 2. The van der Waals surface area contributed by atoms with Gasteiger partial charge >= 0.3 is 0 Å². The molecule has 0 spiro atoms. The molecule has 0 unspecified atom stereocenters. The van der Waals surface area contributed by atoms with Crippen molar-refractivity contribution in [3.05, 3.63) is 35.5 Å². The SMILES string of the molecule is Cc1cc(SCc2nc(C(C)(C)N)no2)ccc1N. The van der Waals surface area contributed by atoms with E-state index < -0.39 is 5.54 Å². The van der Waals surface area contributed by atoms with E-state index in [-0.39, 0.29) is 0 Å². The molecule has 2 rings (SSSR count). The van der Waals surface area contributed by atoms with Crippen molar-refractivity contribution in [3.63, 3.8) is 0 Å². The molecule has 0 aliphatic carbocycles. The second kappa shape index (κ2) is 5.22. The van der Waals surface area contributed by atoms with Crippen LogP contribution in [0.3, 0.4) is 0 Å². The highest BCUT2D eigenvalue weighted by molar-refractivity contribution is 7.98. The molecule has 1 aromatic heterocycles. The zero-order chi connectivity index (χ0) is 14.0. The average molecular weight is 278 g/mol. The molecule has 6 heteroatoms. The Bertz CT molecular complexity index is 574. The second-order valence-electron chi connectivity index (χ2n) is 5.04. The van der Waals surface area contributed by atoms with E-state index in [0.29, 0.717) is 17.5 Å². The number of benzene rings is 1. The summed E-state index contributed by atoms with van der Waals surface area (Å²) in [6.45, 7) is 5.68. The van der Waals surface area contributed by atoms with Crippen molar-refractivity contribution in [1.29, 1.82) is 0 Å². The van der Waals surface area contributed by atoms with E-state index >= 15 is 0 Å². The fourth-order valence-corrected chi connectivity index (χ4v) is 2.29. The first-order valence-corrected chi connectivity index (χ1v) is 6.95. The Balaban J connectivity index is 2.02. The summed E-state index contributed by atoms with van der Waals surface area (Å²) in [4.78, 5) is 5.41. The largest absolute Gasteiger partial charge is 0.399 e. The van der Waals surface area contributed by atoms with Gasteiger partial charge in [-0.05, 0) is 44.5 Å². The Morgan fingerprint density at radius 3 is 2.68 bits per heavy atom. The summed E-state index contributed by atoms with van der Waals surface area (Å²) in [6, 6.07) is 5.93. The van der Waals surface area contributed by atoms with Crippen LogP contribution in [0.15, 0.2) is 27.6 Å². The quantitative estimate of drug-likeness (QED) is 0.659. The van der Waals surface area contributed by atoms with E-state index in [1.165, 1.54) is 0 Å². The highest BCUT2D eigenvalue weighted by Gasteiger charge is 2.21. The van der Waals surface area contributed by atoms with Gasteiger partial charge in [-0.1, -0.05) is 5.16 Å². The smallest absolute Gasteiger partial charge is 0.237 e. The van der Waals surface area contributed by atoms with Crippen molar-refractivity contribution in [2.24, 2.45) is 5.73 Å². The maximum atomic E-state index is 5.91. The normalized spacial score (nSPS) is 11.8. The summed E-state index contributed by atoms with van der Waals surface area (Å²) in [5, 5.41) is 3.89. The molecule has 0 saturated heterocycles. The van der Waals surface area contributed by atoms with E-state index in [4.69, 9.17) is 16.0 Å². The van der Waals surface area contributed by atoms with Crippen molar-refractivity contribution in [1.82, 2.24) is 10.1 Å². The summed E-state index contributed by atoms with van der Waals surface area (Å²) in [7, 11) is 0. The van der Waals surface area contributed by atoms with Gasteiger partial charge in [-0.15, -0.1) is 11.8 Å². The zero-order valence-electron chi connectivity index (χ0n) is 11.3. The lowest BCUT2D eigenvalue weighted by Crippen LogP contribution is -2.30. The fraction of sp³-hybridized carbons (Fsp3) is 0.385. The molecule has 0 fully saturated rings. The number of thioether (sulfide) groups is 1. The first-order chi connectivity index (χ1) is 8.86. The standard InChI is InChI=1S/C13H18N4OS/c1-8-6-9(4-5-10(8)14)19-7-11-16-12(17-18-11)13(2,3)15/h4-6H,7,14-15H2,1-3H3. The molecule has 1 heterocycles. The Labute approximate surface area is 116 Å². The molecule has 0 radical (unpaired) electrons. The molecule has 2 aromatic rings. The number of hydrogen-bond acceptors (Lipinski definition) is 6. The maximum absolute atomic E-state index is 5.91. The Morgan fingerprint density at radius 1 is 1.37 bits per heavy atom. The van der Waals surface area contributed by atoms with E-state index in [1.807, 2.05) is 39.0 Å². The zero-order valence-corrected chi connectivity index (χ0v) is 12.1. The molecule has 0 amide bonds. The number of hydrogen-bond donors (Lipinski definition) is 2. The van der Waals surface area contributed by atoms with Gasteiger partial charge in [0.25, 0.3) is 0 Å². The van der Waals surface area contributed by atoms with Crippen LogP contribution in [-0.2, 0) is 11.3 Å². The first-order valence-electron chi connectivity index (χ1n) is 5.97. The Kier molecular flexibility index (Phi) is 3.82. The minimum Gasteiger partial charge on any atom is -0.399 e. The van der Waals surface area contributed by atoms with Gasteiger partial charge in [0.15, 0.2) is 5.82 Å². The van der Waals surface area contributed by atoms with Crippen LogP contribution >= 0.6 is 11.8 Å². The molecule has 0 bridgehead atoms.